The van der Waals surface area contributed by atoms with Crippen LogP contribution < -0.4 is 5.73 Å². The van der Waals surface area contributed by atoms with Gasteiger partial charge in [0.2, 0.25) is 5.91 Å². The van der Waals surface area contributed by atoms with Crippen molar-refractivity contribution in [3.63, 3.8) is 0 Å². The first-order valence-corrected chi connectivity index (χ1v) is 5.28. The highest BCUT2D eigenvalue weighted by Gasteiger charge is 2.25. The number of aromatic nitrogens is 1. The Morgan fingerprint density at radius 3 is 3.19 bits per heavy atom. The quantitative estimate of drug-likeness (QED) is 0.765. The number of pyridine rings is 1. The molecule has 1 fully saturated rings. The second kappa shape index (κ2) is 5.05. The number of carbonyl (C=O) groups is 1. The van der Waals surface area contributed by atoms with Crippen LogP contribution in [0.4, 0.5) is 0 Å². The Morgan fingerprint density at radius 1 is 1.62 bits per heavy atom. The minimum Gasteiger partial charge on any atom is -0.365 e. The van der Waals surface area contributed by atoms with Gasteiger partial charge in [0.1, 0.15) is 6.61 Å². The van der Waals surface area contributed by atoms with E-state index in [0.29, 0.717) is 19.6 Å². The van der Waals surface area contributed by atoms with E-state index in [-0.39, 0.29) is 18.6 Å². The molecule has 1 unspecified atom stereocenters. The molecule has 0 radical (unpaired) electrons. The number of amides is 1. The van der Waals surface area contributed by atoms with E-state index in [9.17, 15) is 4.79 Å². The minimum atomic E-state index is -0.0469. The van der Waals surface area contributed by atoms with Crippen molar-refractivity contribution in [3.05, 3.63) is 30.1 Å². The lowest BCUT2D eigenvalue weighted by atomic mass is 10.2. The number of hydrogen-bond donors (Lipinski definition) is 1. The number of morpholine rings is 1. The Morgan fingerprint density at radius 2 is 2.50 bits per heavy atom. The third kappa shape index (κ3) is 2.56. The summed E-state index contributed by atoms with van der Waals surface area (Å²) in [6.07, 6.45) is 3.43. The van der Waals surface area contributed by atoms with E-state index in [1.54, 1.807) is 17.3 Å². The molecule has 1 aromatic rings. The van der Waals surface area contributed by atoms with E-state index in [1.165, 1.54) is 0 Å². The van der Waals surface area contributed by atoms with Gasteiger partial charge in [-0.3, -0.25) is 9.78 Å². The molecule has 0 bridgehead atoms. The number of ether oxygens (including phenoxy) is 1. The summed E-state index contributed by atoms with van der Waals surface area (Å²) in [6.45, 7) is 1.70. The van der Waals surface area contributed by atoms with Gasteiger partial charge in [0, 0.05) is 32.0 Å². The lowest BCUT2D eigenvalue weighted by molar-refractivity contribution is -0.149. The van der Waals surface area contributed by atoms with Gasteiger partial charge in [0.25, 0.3) is 0 Å². The van der Waals surface area contributed by atoms with Crippen molar-refractivity contribution in [2.75, 3.05) is 19.7 Å². The number of rotatable bonds is 3. The Labute approximate surface area is 94.2 Å². The monoisotopic (exact) mass is 221 g/mol. The summed E-state index contributed by atoms with van der Waals surface area (Å²) in [5.41, 5.74) is 6.55. The second-order valence-electron chi connectivity index (χ2n) is 3.80. The van der Waals surface area contributed by atoms with Gasteiger partial charge in [-0.1, -0.05) is 6.07 Å². The van der Waals surface area contributed by atoms with Gasteiger partial charge >= 0.3 is 0 Å². The smallest absolute Gasteiger partial charge is 0.248 e. The molecule has 1 aromatic heterocycles. The average molecular weight is 221 g/mol. The Kier molecular flexibility index (Phi) is 3.48. The molecule has 86 valence electrons. The largest absolute Gasteiger partial charge is 0.365 e. The van der Waals surface area contributed by atoms with Crippen LogP contribution in [-0.2, 0) is 16.1 Å². The molecule has 1 atom stereocenters. The van der Waals surface area contributed by atoms with Crippen LogP contribution in [-0.4, -0.2) is 41.6 Å². The van der Waals surface area contributed by atoms with Gasteiger partial charge in [-0.25, -0.2) is 0 Å². The standard InChI is InChI=1S/C11H15N3O2/c12-4-10-7-14(11(15)8-16-10)6-9-2-1-3-13-5-9/h1-3,5,10H,4,6-8,12H2. The van der Waals surface area contributed by atoms with Crippen LogP contribution in [0, 0.1) is 0 Å². The molecule has 2 heterocycles. The van der Waals surface area contributed by atoms with Gasteiger partial charge in [-0.2, -0.15) is 0 Å². The van der Waals surface area contributed by atoms with Crippen molar-refractivity contribution >= 4 is 5.91 Å². The zero-order chi connectivity index (χ0) is 11.4. The number of nitrogens with zero attached hydrogens (tertiary/aromatic N) is 2. The van der Waals surface area contributed by atoms with Gasteiger partial charge in [-0.05, 0) is 11.6 Å². The molecule has 5 nitrogen and oxygen atoms in total. The van der Waals surface area contributed by atoms with Crippen LogP contribution >= 0.6 is 0 Å². The molecular formula is C11H15N3O2. The van der Waals surface area contributed by atoms with Crippen LogP contribution in [0.15, 0.2) is 24.5 Å². The summed E-state index contributed by atoms with van der Waals surface area (Å²) in [5.74, 6) is 0.00792. The lowest BCUT2D eigenvalue weighted by Gasteiger charge is -2.32. The Bertz CT molecular complexity index is 356. The molecule has 1 amide bonds. The lowest BCUT2D eigenvalue weighted by Crippen LogP contribution is -2.48. The molecule has 0 spiro atoms. The molecule has 2 rings (SSSR count). The first kappa shape index (κ1) is 11.0. The third-order valence-corrected chi connectivity index (χ3v) is 2.58. The molecule has 1 aliphatic heterocycles. The third-order valence-electron chi connectivity index (χ3n) is 2.58. The highest BCUT2D eigenvalue weighted by Crippen LogP contribution is 2.10. The summed E-state index contributed by atoms with van der Waals surface area (Å²) >= 11 is 0. The summed E-state index contributed by atoms with van der Waals surface area (Å²) < 4.78 is 5.28. The molecule has 0 saturated carbocycles. The molecule has 5 heteroatoms. The first-order valence-electron chi connectivity index (χ1n) is 5.28. The number of nitrogens with two attached hydrogens (primary N) is 1. The minimum absolute atomic E-state index is 0.00792. The SMILES string of the molecule is NCC1CN(Cc2cccnc2)C(=O)CO1. The predicted molar refractivity (Wildman–Crippen MR) is 58.4 cm³/mol. The molecule has 0 aliphatic carbocycles. The van der Waals surface area contributed by atoms with Gasteiger partial charge in [0.15, 0.2) is 0 Å². The maximum Gasteiger partial charge on any atom is 0.248 e. The van der Waals surface area contributed by atoms with E-state index in [4.69, 9.17) is 10.5 Å². The highest BCUT2D eigenvalue weighted by atomic mass is 16.5. The molecule has 0 aromatic carbocycles. The fourth-order valence-corrected chi connectivity index (χ4v) is 1.69. The van der Waals surface area contributed by atoms with Crippen LogP contribution in [0.5, 0.6) is 0 Å². The van der Waals surface area contributed by atoms with Crippen molar-refractivity contribution in [3.8, 4) is 0 Å². The predicted octanol–water partition coefficient (Wildman–Crippen LogP) is -0.232. The fraction of sp³-hybridized carbons (Fsp3) is 0.455. The first-order chi connectivity index (χ1) is 7.79. The van der Waals surface area contributed by atoms with Crippen LogP contribution in [0.2, 0.25) is 0 Å². The number of hydrogen-bond acceptors (Lipinski definition) is 4. The maximum atomic E-state index is 11.6. The topological polar surface area (TPSA) is 68.5 Å². The van der Waals surface area contributed by atoms with Gasteiger partial charge < -0.3 is 15.4 Å². The van der Waals surface area contributed by atoms with Crippen molar-refractivity contribution in [2.24, 2.45) is 5.73 Å². The molecule has 16 heavy (non-hydrogen) atoms. The van der Waals surface area contributed by atoms with Crippen molar-refractivity contribution in [1.82, 2.24) is 9.88 Å². The van der Waals surface area contributed by atoms with Crippen molar-refractivity contribution < 1.29 is 9.53 Å². The van der Waals surface area contributed by atoms with Gasteiger partial charge in [-0.15, -0.1) is 0 Å². The number of carbonyl (C=O) groups excluding carboxylic acids is 1. The van der Waals surface area contributed by atoms with E-state index in [2.05, 4.69) is 4.98 Å². The van der Waals surface area contributed by atoms with E-state index in [1.807, 2.05) is 12.1 Å². The maximum absolute atomic E-state index is 11.6. The summed E-state index contributed by atoms with van der Waals surface area (Å²) in [7, 11) is 0. The van der Waals surface area contributed by atoms with E-state index < -0.39 is 0 Å². The second-order valence-corrected chi connectivity index (χ2v) is 3.80. The van der Waals surface area contributed by atoms with Crippen molar-refractivity contribution in [1.29, 1.82) is 0 Å². The molecule has 1 aliphatic rings. The molecule has 1 saturated heterocycles. The molecule has 2 N–H and O–H groups in total. The summed E-state index contributed by atoms with van der Waals surface area (Å²) in [6, 6.07) is 3.81. The van der Waals surface area contributed by atoms with Crippen LogP contribution in [0.25, 0.3) is 0 Å². The normalized spacial score (nSPS) is 21.2. The van der Waals surface area contributed by atoms with E-state index in [0.717, 1.165) is 5.56 Å². The highest BCUT2D eigenvalue weighted by molar-refractivity contribution is 5.78. The zero-order valence-electron chi connectivity index (χ0n) is 9.00. The van der Waals surface area contributed by atoms with Crippen molar-refractivity contribution in [2.45, 2.75) is 12.6 Å². The molecular weight excluding hydrogens is 206 g/mol. The summed E-state index contributed by atoms with van der Waals surface area (Å²) in [5, 5.41) is 0. The summed E-state index contributed by atoms with van der Waals surface area (Å²) in [4.78, 5) is 17.4. The van der Waals surface area contributed by atoms with Gasteiger partial charge in [0.05, 0.1) is 6.10 Å². The average Bonchev–Trinajstić information content (AvgIpc) is 2.33. The van der Waals surface area contributed by atoms with Crippen LogP contribution in [0.3, 0.4) is 0 Å². The Hall–Kier alpha value is -1.46. The Balaban J connectivity index is 2.00. The van der Waals surface area contributed by atoms with Crippen LogP contribution in [0.1, 0.15) is 5.56 Å². The fourth-order valence-electron chi connectivity index (χ4n) is 1.69. The zero-order valence-corrected chi connectivity index (χ0v) is 9.00. The van der Waals surface area contributed by atoms with E-state index >= 15 is 0 Å².